The smallest absolute Gasteiger partial charge is 0.149 e. The summed E-state index contributed by atoms with van der Waals surface area (Å²) in [6.45, 7) is 1.99. The second kappa shape index (κ2) is 7.83. The summed E-state index contributed by atoms with van der Waals surface area (Å²) in [5, 5.41) is 4.69. The summed E-state index contributed by atoms with van der Waals surface area (Å²) >= 11 is 1.40. The fourth-order valence-corrected chi connectivity index (χ4v) is 6.48. The second-order valence-corrected chi connectivity index (χ2v) is 10.1. The molecule has 3 heterocycles. The number of nitrogens with one attached hydrogen (secondary N) is 2. The van der Waals surface area contributed by atoms with Crippen molar-refractivity contribution in [3.8, 4) is 11.3 Å². The Balaban J connectivity index is 1.41. The van der Waals surface area contributed by atoms with Gasteiger partial charge in [0, 0.05) is 51.7 Å². The standard InChI is InChI=1S/C25H25FN6S/c26-17-13-32-19-2-1-3-20(21(17)19)33-24-22(30-8-9-31-24)16-10-14-12-25(4-6-29-7-5-25)23(28)15(14)11-18(16)27/h1-3,8-11,13,23,29,32H,4-7,12,27-28H2. The van der Waals surface area contributed by atoms with Gasteiger partial charge in [-0.25, -0.2) is 9.37 Å². The van der Waals surface area contributed by atoms with Crippen molar-refractivity contribution in [3.63, 3.8) is 0 Å². The quantitative estimate of drug-likeness (QED) is 0.337. The largest absolute Gasteiger partial charge is 0.398 e. The van der Waals surface area contributed by atoms with Gasteiger partial charge in [0.1, 0.15) is 16.5 Å². The lowest BCUT2D eigenvalue weighted by Crippen LogP contribution is -2.42. The van der Waals surface area contributed by atoms with Crippen molar-refractivity contribution >= 4 is 28.4 Å². The number of aromatic nitrogens is 3. The van der Waals surface area contributed by atoms with E-state index in [1.807, 2.05) is 24.3 Å². The van der Waals surface area contributed by atoms with Crippen LogP contribution in [0.15, 0.2) is 58.8 Å². The van der Waals surface area contributed by atoms with E-state index in [4.69, 9.17) is 11.5 Å². The van der Waals surface area contributed by atoms with Gasteiger partial charge in [0.15, 0.2) is 0 Å². The fourth-order valence-electron chi connectivity index (χ4n) is 5.44. The summed E-state index contributed by atoms with van der Waals surface area (Å²) in [6, 6.07) is 9.83. The van der Waals surface area contributed by atoms with E-state index in [1.165, 1.54) is 23.5 Å². The third-order valence-corrected chi connectivity index (χ3v) is 8.25. The molecular weight excluding hydrogens is 435 g/mol. The molecule has 0 saturated carbocycles. The van der Waals surface area contributed by atoms with Crippen molar-refractivity contribution in [2.24, 2.45) is 11.1 Å². The van der Waals surface area contributed by atoms with E-state index in [0.717, 1.165) is 53.9 Å². The van der Waals surface area contributed by atoms with Gasteiger partial charge in [0.25, 0.3) is 0 Å². The maximum absolute atomic E-state index is 14.4. The highest BCUT2D eigenvalue weighted by Gasteiger charge is 2.45. The van der Waals surface area contributed by atoms with Crippen LogP contribution in [0.5, 0.6) is 0 Å². The molecule has 6 nitrogen and oxygen atoms in total. The Morgan fingerprint density at radius 3 is 2.79 bits per heavy atom. The number of nitrogens with two attached hydrogens (primary N) is 2. The van der Waals surface area contributed by atoms with Gasteiger partial charge < -0.3 is 21.8 Å². The molecule has 2 aromatic heterocycles. The van der Waals surface area contributed by atoms with E-state index in [1.54, 1.807) is 12.4 Å². The number of halogens is 1. The molecule has 1 spiro atoms. The van der Waals surface area contributed by atoms with Crippen molar-refractivity contribution in [3.05, 3.63) is 65.9 Å². The topological polar surface area (TPSA) is 106 Å². The molecule has 0 bridgehead atoms. The van der Waals surface area contributed by atoms with Crippen LogP contribution in [0.4, 0.5) is 10.1 Å². The van der Waals surface area contributed by atoms with Gasteiger partial charge in [-0.1, -0.05) is 17.8 Å². The zero-order valence-corrected chi connectivity index (χ0v) is 18.9. The number of piperidine rings is 1. The molecule has 1 fully saturated rings. The summed E-state index contributed by atoms with van der Waals surface area (Å²) in [4.78, 5) is 13.0. The molecule has 6 N–H and O–H groups in total. The Morgan fingerprint density at radius 1 is 1.12 bits per heavy atom. The van der Waals surface area contributed by atoms with Crippen LogP contribution in [0.25, 0.3) is 22.2 Å². The van der Waals surface area contributed by atoms with Gasteiger partial charge in [-0.15, -0.1) is 0 Å². The van der Waals surface area contributed by atoms with Crippen molar-refractivity contribution in [1.29, 1.82) is 0 Å². The monoisotopic (exact) mass is 460 g/mol. The summed E-state index contributed by atoms with van der Waals surface area (Å²) in [5.74, 6) is -0.281. The van der Waals surface area contributed by atoms with Crippen LogP contribution >= 0.6 is 11.8 Å². The maximum atomic E-state index is 14.4. The molecule has 1 atom stereocenters. The summed E-state index contributed by atoms with van der Waals surface area (Å²) in [5.41, 5.74) is 18.7. The average Bonchev–Trinajstić information content (AvgIpc) is 3.33. The first kappa shape index (κ1) is 20.7. The molecule has 8 heteroatoms. The van der Waals surface area contributed by atoms with Crippen molar-refractivity contribution in [2.75, 3.05) is 18.8 Å². The van der Waals surface area contributed by atoms with Gasteiger partial charge in [0.05, 0.1) is 0 Å². The van der Waals surface area contributed by atoms with Crippen molar-refractivity contribution in [1.82, 2.24) is 20.3 Å². The second-order valence-electron chi connectivity index (χ2n) is 9.03. The highest BCUT2D eigenvalue weighted by atomic mass is 32.2. The average molecular weight is 461 g/mol. The Morgan fingerprint density at radius 2 is 1.94 bits per heavy atom. The highest BCUT2D eigenvalue weighted by Crippen LogP contribution is 2.51. The van der Waals surface area contributed by atoms with Crippen LogP contribution in [0, 0.1) is 11.2 Å². The van der Waals surface area contributed by atoms with Gasteiger partial charge in [-0.3, -0.25) is 4.98 Å². The van der Waals surface area contributed by atoms with Crippen LogP contribution < -0.4 is 16.8 Å². The van der Waals surface area contributed by atoms with E-state index in [0.29, 0.717) is 21.8 Å². The molecule has 4 aromatic rings. The predicted molar refractivity (Wildman–Crippen MR) is 129 cm³/mol. The molecule has 0 radical (unpaired) electrons. The molecule has 1 aliphatic carbocycles. The minimum absolute atomic E-state index is 0.00387. The van der Waals surface area contributed by atoms with Crippen LogP contribution in [-0.2, 0) is 6.42 Å². The van der Waals surface area contributed by atoms with Gasteiger partial charge in [0.2, 0.25) is 0 Å². The number of fused-ring (bicyclic) bond motifs is 2. The number of hydrogen-bond donors (Lipinski definition) is 4. The normalized spacial score (nSPS) is 19.3. The first-order chi connectivity index (χ1) is 16.1. The third-order valence-electron chi connectivity index (χ3n) is 7.19. The molecule has 33 heavy (non-hydrogen) atoms. The number of anilines is 1. The maximum Gasteiger partial charge on any atom is 0.149 e. The first-order valence-corrected chi connectivity index (χ1v) is 12.0. The van der Waals surface area contributed by atoms with Crippen LogP contribution in [0.2, 0.25) is 0 Å². The van der Waals surface area contributed by atoms with Gasteiger partial charge in [-0.05, 0) is 73.2 Å². The minimum atomic E-state index is -0.281. The number of H-pyrrole nitrogens is 1. The highest BCUT2D eigenvalue weighted by molar-refractivity contribution is 7.99. The molecule has 168 valence electrons. The van der Waals surface area contributed by atoms with E-state index >= 15 is 0 Å². The minimum Gasteiger partial charge on any atom is -0.398 e. The lowest BCUT2D eigenvalue weighted by molar-refractivity contribution is 0.174. The summed E-state index contributed by atoms with van der Waals surface area (Å²) in [6.07, 6.45) is 7.79. The number of nitrogen functional groups attached to an aromatic ring is 1. The van der Waals surface area contributed by atoms with Crippen molar-refractivity contribution in [2.45, 2.75) is 35.2 Å². The summed E-state index contributed by atoms with van der Waals surface area (Å²) < 4.78 is 14.4. The van der Waals surface area contributed by atoms with Crippen LogP contribution in [0.3, 0.4) is 0 Å². The lowest BCUT2D eigenvalue weighted by Gasteiger charge is -2.37. The SMILES string of the molecule is Nc1cc2c(cc1-c1nccnc1Sc1cccc3[nH]cc(F)c13)CC1(CCNCC1)C2N. The number of aromatic amines is 1. The molecule has 6 rings (SSSR count). The van der Waals surface area contributed by atoms with Gasteiger partial charge in [-0.2, -0.15) is 0 Å². The van der Waals surface area contributed by atoms with Crippen molar-refractivity contribution < 1.29 is 4.39 Å². The molecule has 1 unspecified atom stereocenters. The number of hydrogen-bond acceptors (Lipinski definition) is 6. The Bertz CT molecular complexity index is 1360. The summed E-state index contributed by atoms with van der Waals surface area (Å²) in [7, 11) is 0. The van der Waals surface area contributed by atoms with E-state index in [-0.39, 0.29) is 17.3 Å². The van der Waals surface area contributed by atoms with Crippen LogP contribution in [0.1, 0.15) is 30.0 Å². The van der Waals surface area contributed by atoms with Crippen LogP contribution in [-0.4, -0.2) is 28.0 Å². The lowest BCUT2D eigenvalue weighted by atomic mass is 9.73. The third kappa shape index (κ3) is 3.32. The predicted octanol–water partition coefficient (Wildman–Crippen LogP) is 4.42. The zero-order chi connectivity index (χ0) is 22.6. The van der Waals surface area contributed by atoms with E-state index in [2.05, 4.69) is 26.3 Å². The van der Waals surface area contributed by atoms with E-state index in [9.17, 15) is 4.39 Å². The number of nitrogens with zero attached hydrogens (tertiary/aromatic N) is 2. The number of benzene rings is 2. The van der Waals surface area contributed by atoms with Gasteiger partial charge >= 0.3 is 0 Å². The molecule has 2 aromatic carbocycles. The Labute approximate surface area is 195 Å². The molecule has 2 aliphatic rings. The fraction of sp³-hybridized carbons (Fsp3) is 0.280. The Kier molecular flexibility index (Phi) is 4.90. The number of rotatable bonds is 3. The molecule has 1 aliphatic heterocycles. The molecule has 1 saturated heterocycles. The van der Waals surface area contributed by atoms with E-state index < -0.39 is 0 Å². The first-order valence-electron chi connectivity index (χ1n) is 11.2. The molecular formula is C25H25FN6S. The molecule has 0 amide bonds. The zero-order valence-electron chi connectivity index (χ0n) is 18.1. The Hall–Kier alpha value is -2.94.